The average Bonchev–Trinajstić information content (AvgIpc) is 2.46. The third kappa shape index (κ3) is 2.72. The molecule has 2 nitrogen and oxygen atoms in total. The Morgan fingerprint density at radius 2 is 1.50 bits per heavy atom. The summed E-state index contributed by atoms with van der Waals surface area (Å²) in [6, 6.07) is 16.4. The maximum atomic E-state index is 5.96. The minimum absolute atomic E-state index is 0. The van der Waals surface area contributed by atoms with Gasteiger partial charge >= 0.3 is 0 Å². The minimum atomic E-state index is 0. The predicted octanol–water partition coefficient (Wildman–Crippen LogP) is 4.26. The standard InChI is InChI=1S/C17H17NO.ClH/c1-18-12-6-9-13-14-7-2-4-10-16(14)19-17-11-5-3-8-15(13)17;/h2-5,7-11,18H,6,12H2,1H3;1H. The molecule has 0 atom stereocenters. The second kappa shape index (κ2) is 6.60. The summed E-state index contributed by atoms with van der Waals surface area (Å²) in [4.78, 5) is 0. The Bertz CT molecular complexity index is 574. The molecular weight excluding hydrogens is 270 g/mol. The van der Waals surface area contributed by atoms with Gasteiger partial charge in [0.15, 0.2) is 0 Å². The summed E-state index contributed by atoms with van der Waals surface area (Å²) in [5.41, 5.74) is 3.63. The summed E-state index contributed by atoms with van der Waals surface area (Å²) >= 11 is 0. The predicted molar refractivity (Wildman–Crippen MR) is 85.8 cm³/mol. The van der Waals surface area contributed by atoms with Gasteiger partial charge in [-0.3, -0.25) is 0 Å². The molecule has 2 aromatic rings. The smallest absolute Gasteiger partial charge is 0.135 e. The van der Waals surface area contributed by atoms with E-state index in [0.717, 1.165) is 24.5 Å². The number of benzene rings is 2. The van der Waals surface area contributed by atoms with Crippen LogP contribution in [0.25, 0.3) is 5.57 Å². The molecule has 0 radical (unpaired) electrons. The van der Waals surface area contributed by atoms with Gasteiger partial charge in [0.25, 0.3) is 0 Å². The van der Waals surface area contributed by atoms with Crippen LogP contribution in [0.1, 0.15) is 17.5 Å². The minimum Gasteiger partial charge on any atom is -0.456 e. The molecule has 0 bridgehead atoms. The van der Waals surface area contributed by atoms with Gasteiger partial charge in [-0.1, -0.05) is 42.5 Å². The van der Waals surface area contributed by atoms with Crippen molar-refractivity contribution in [1.82, 2.24) is 5.32 Å². The van der Waals surface area contributed by atoms with Crippen molar-refractivity contribution in [1.29, 1.82) is 0 Å². The van der Waals surface area contributed by atoms with E-state index < -0.39 is 0 Å². The van der Waals surface area contributed by atoms with Gasteiger partial charge in [0.1, 0.15) is 11.5 Å². The summed E-state index contributed by atoms with van der Waals surface area (Å²) in [7, 11) is 1.98. The van der Waals surface area contributed by atoms with Crippen molar-refractivity contribution >= 4 is 18.0 Å². The second-order valence-electron chi connectivity index (χ2n) is 4.60. The number of nitrogens with one attached hydrogen (secondary N) is 1. The highest BCUT2D eigenvalue weighted by Gasteiger charge is 2.20. The summed E-state index contributed by atoms with van der Waals surface area (Å²) in [5.74, 6) is 1.88. The van der Waals surface area contributed by atoms with Gasteiger partial charge in [-0.15, -0.1) is 12.4 Å². The zero-order valence-corrected chi connectivity index (χ0v) is 12.2. The fourth-order valence-corrected chi connectivity index (χ4v) is 2.40. The quantitative estimate of drug-likeness (QED) is 0.727. The zero-order valence-electron chi connectivity index (χ0n) is 11.4. The molecule has 2 aromatic carbocycles. The monoisotopic (exact) mass is 287 g/mol. The number of fused-ring (bicyclic) bond motifs is 2. The largest absolute Gasteiger partial charge is 0.456 e. The van der Waals surface area contributed by atoms with E-state index in [4.69, 9.17) is 4.74 Å². The zero-order chi connectivity index (χ0) is 13.1. The van der Waals surface area contributed by atoms with E-state index >= 15 is 0 Å². The highest BCUT2D eigenvalue weighted by atomic mass is 35.5. The number of hydrogen-bond donors (Lipinski definition) is 1. The molecule has 1 aliphatic heterocycles. The Balaban J connectivity index is 0.00000147. The third-order valence-electron chi connectivity index (χ3n) is 3.32. The van der Waals surface area contributed by atoms with Gasteiger partial charge in [-0.25, -0.2) is 0 Å². The number of hydrogen-bond acceptors (Lipinski definition) is 2. The van der Waals surface area contributed by atoms with Gasteiger partial charge in [-0.2, -0.15) is 0 Å². The first-order valence-corrected chi connectivity index (χ1v) is 6.61. The van der Waals surface area contributed by atoms with Gasteiger partial charge in [0.05, 0.1) is 0 Å². The van der Waals surface area contributed by atoms with E-state index in [9.17, 15) is 0 Å². The maximum absolute atomic E-state index is 5.96. The van der Waals surface area contributed by atoms with Crippen LogP contribution in [0.15, 0.2) is 54.6 Å². The van der Waals surface area contributed by atoms with E-state index in [2.05, 4.69) is 35.7 Å². The van der Waals surface area contributed by atoms with Crippen LogP contribution in [0, 0.1) is 0 Å². The molecule has 104 valence electrons. The molecule has 1 N–H and O–H groups in total. The van der Waals surface area contributed by atoms with Crippen molar-refractivity contribution in [2.45, 2.75) is 6.42 Å². The van der Waals surface area contributed by atoms with E-state index in [1.54, 1.807) is 0 Å². The van der Waals surface area contributed by atoms with Gasteiger partial charge < -0.3 is 10.1 Å². The van der Waals surface area contributed by atoms with Crippen LogP contribution >= 0.6 is 12.4 Å². The Morgan fingerprint density at radius 1 is 0.950 bits per heavy atom. The van der Waals surface area contributed by atoms with Crippen LogP contribution in [0.5, 0.6) is 11.5 Å². The molecule has 0 aliphatic carbocycles. The topological polar surface area (TPSA) is 21.3 Å². The van der Waals surface area contributed by atoms with Crippen molar-refractivity contribution in [2.75, 3.05) is 13.6 Å². The maximum Gasteiger partial charge on any atom is 0.135 e. The molecular formula is C17H18ClNO. The van der Waals surface area contributed by atoms with Crippen molar-refractivity contribution in [2.24, 2.45) is 0 Å². The van der Waals surface area contributed by atoms with E-state index in [1.807, 2.05) is 31.3 Å². The summed E-state index contributed by atoms with van der Waals surface area (Å²) in [6.07, 6.45) is 3.30. The molecule has 1 heterocycles. The van der Waals surface area contributed by atoms with Gasteiger partial charge in [0, 0.05) is 11.1 Å². The molecule has 0 aromatic heterocycles. The first-order valence-electron chi connectivity index (χ1n) is 6.61. The van der Waals surface area contributed by atoms with Crippen molar-refractivity contribution in [3.63, 3.8) is 0 Å². The lowest BCUT2D eigenvalue weighted by Crippen LogP contribution is -2.07. The average molecular weight is 288 g/mol. The van der Waals surface area contributed by atoms with Crippen LogP contribution in [0.2, 0.25) is 0 Å². The molecule has 1 aliphatic rings. The van der Waals surface area contributed by atoms with E-state index in [0.29, 0.717) is 0 Å². The SMILES string of the molecule is CNCCC=C1c2ccccc2Oc2ccccc21.Cl. The Morgan fingerprint density at radius 3 is 2.05 bits per heavy atom. The van der Waals surface area contributed by atoms with Crippen LogP contribution in [-0.4, -0.2) is 13.6 Å². The van der Waals surface area contributed by atoms with Crippen molar-refractivity contribution in [3.05, 3.63) is 65.7 Å². The molecule has 0 fully saturated rings. The lowest BCUT2D eigenvalue weighted by Gasteiger charge is -2.22. The second-order valence-corrected chi connectivity index (χ2v) is 4.60. The van der Waals surface area contributed by atoms with Crippen LogP contribution in [-0.2, 0) is 0 Å². The van der Waals surface area contributed by atoms with Crippen molar-refractivity contribution in [3.8, 4) is 11.5 Å². The fourth-order valence-electron chi connectivity index (χ4n) is 2.40. The van der Waals surface area contributed by atoms with Crippen molar-refractivity contribution < 1.29 is 4.74 Å². The van der Waals surface area contributed by atoms with E-state index in [-0.39, 0.29) is 12.4 Å². The molecule has 3 rings (SSSR count). The summed E-state index contributed by atoms with van der Waals surface area (Å²) < 4.78 is 5.96. The molecule has 0 saturated heterocycles. The summed E-state index contributed by atoms with van der Waals surface area (Å²) in [6.45, 7) is 0.981. The number of para-hydroxylation sites is 2. The highest BCUT2D eigenvalue weighted by Crippen LogP contribution is 2.43. The molecule has 0 amide bonds. The lowest BCUT2D eigenvalue weighted by molar-refractivity contribution is 0.474. The third-order valence-corrected chi connectivity index (χ3v) is 3.32. The molecule has 3 heteroatoms. The van der Waals surface area contributed by atoms with Gasteiger partial charge in [-0.05, 0) is 37.7 Å². The fraction of sp³-hybridized carbons (Fsp3) is 0.176. The first-order chi connectivity index (χ1) is 9.40. The van der Waals surface area contributed by atoms with Gasteiger partial charge in [0.2, 0.25) is 0 Å². The molecule has 0 saturated carbocycles. The van der Waals surface area contributed by atoms with Crippen LogP contribution in [0.4, 0.5) is 0 Å². The Hall–Kier alpha value is -1.77. The molecule has 0 unspecified atom stereocenters. The Labute approximate surface area is 125 Å². The van der Waals surface area contributed by atoms with E-state index in [1.165, 1.54) is 16.7 Å². The number of halogens is 1. The first kappa shape index (κ1) is 14.6. The molecule has 20 heavy (non-hydrogen) atoms. The van der Waals surface area contributed by atoms with Crippen LogP contribution < -0.4 is 10.1 Å². The lowest BCUT2D eigenvalue weighted by atomic mass is 9.93. The highest BCUT2D eigenvalue weighted by molar-refractivity contribution is 5.87. The normalized spacial score (nSPS) is 11.8. The number of rotatable bonds is 3. The molecule has 0 spiro atoms. The number of ether oxygens (including phenoxy) is 1. The Kier molecular flexibility index (Phi) is 4.83. The van der Waals surface area contributed by atoms with Crippen LogP contribution in [0.3, 0.4) is 0 Å². The summed E-state index contributed by atoms with van der Waals surface area (Å²) in [5, 5.41) is 3.18.